The van der Waals surface area contributed by atoms with Gasteiger partial charge in [0.15, 0.2) is 4.96 Å². The summed E-state index contributed by atoms with van der Waals surface area (Å²) >= 11 is 1.32. The van der Waals surface area contributed by atoms with Gasteiger partial charge in [-0.05, 0) is 23.5 Å². The molecule has 1 N–H and O–H groups in total. The number of pyridine rings is 1. The molecule has 0 aliphatic heterocycles. The van der Waals surface area contributed by atoms with Crippen LogP contribution in [0.2, 0.25) is 0 Å². The number of nitrogens with zero attached hydrogens (tertiary/aromatic N) is 3. The largest absolute Gasteiger partial charge is 0.344 e. The summed E-state index contributed by atoms with van der Waals surface area (Å²) in [6, 6.07) is 4.87. The zero-order valence-corrected chi connectivity index (χ0v) is 15.2. The van der Waals surface area contributed by atoms with Crippen molar-refractivity contribution >= 4 is 22.2 Å². The molecule has 3 aromatic heterocycles. The highest BCUT2D eigenvalue weighted by Gasteiger charge is 2.24. The molecular formula is C18H20N4O2S. The van der Waals surface area contributed by atoms with Gasteiger partial charge < -0.3 is 5.32 Å². The van der Waals surface area contributed by atoms with E-state index in [1.54, 1.807) is 28.4 Å². The number of hydrogen-bond acceptors (Lipinski definition) is 5. The standard InChI is InChI=1S/C18H20N4O2S/c1-18(2,3)10-13(12-5-4-6-19-11-12)20-16(24)14-9-15(23)21-17-22(14)7-8-25-17/h4-9,11,13H,10H2,1-3H3,(H,20,24). The Kier molecular flexibility index (Phi) is 4.67. The van der Waals surface area contributed by atoms with Crippen molar-refractivity contribution in [2.45, 2.75) is 33.2 Å². The van der Waals surface area contributed by atoms with Gasteiger partial charge in [-0.1, -0.05) is 26.8 Å². The number of carbonyl (C=O) groups is 1. The van der Waals surface area contributed by atoms with Gasteiger partial charge in [0.25, 0.3) is 11.5 Å². The van der Waals surface area contributed by atoms with Crippen molar-refractivity contribution in [3.05, 3.63) is 63.8 Å². The Bertz CT molecular complexity index is 941. The van der Waals surface area contributed by atoms with Crippen molar-refractivity contribution in [3.63, 3.8) is 0 Å². The molecule has 0 aromatic carbocycles. The Balaban J connectivity index is 1.94. The molecule has 1 amide bonds. The van der Waals surface area contributed by atoms with Gasteiger partial charge in [-0.25, -0.2) is 0 Å². The van der Waals surface area contributed by atoms with Crippen LogP contribution < -0.4 is 10.9 Å². The summed E-state index contributed by atoms with van der Waals surface area (Å²) in [6.07, 6.45) is 5.95. The molecule has 0 spiro atoms. The molecule has 0 aliphatic carbocycles. The third-order valence-electron chi connectivity index (χ3n) is 3.76. The first-order chi connectivity index (χ1) is 11.8. The van der Waals surface area contributed by atoms with Crippen LogP contribution in [0.1, 0.15) is 49.3 Å². The summed E-state index contributed by atoms with van der Waals surface area (Å²) in [6.45, 7) is 6.36. The molecular weight excluding hydrogens is 336 g/mol. The third-order valence-corrected chi connectivity index (χ3v) is 4.51. The van der Waals surface area contributed by atoms with Crippen LogP contribution in [-0.4, -0.2) is 20.3 Å². The van der Waals surface area contributed by atoms with E-state index >= 15 is 0 Å². The number of hydrogen-bond donors (Lipinski definition) is 1. The summed E-state index contributed by atoms with van der Waals surface area (Å²) in [5, 5.41) is 4.85. The lowest BCUT2D eigenvalue weighted by Crippen LogP contribution is -2.33. The molecule has 0 bridgehead atoms. The number of nitrogens with one attached hydrogen (secondary N) is 1. The first-order valence-electron chi connectivity index (χ1n) is 8.01. The quantitative estimate of drug-likeness (QED) is 0.779. The molecule has 0 saturated carbocycles. The number of thiazole rings is 1. The van der Waals surface area contributed by atoms with Crippen LogP contribution >= 0.6 is 11.3 Å². The fourth-order valence-electron chi connectivity index (χ4n) is 2.70. The maximum Gasteiger partial charge on any atom is 0.274 e. The second-order valence-electron chi connectivity index (χ2n) is 7.11. The summed E-state index contributed by atoms with van der Waals surface area (Å²) in [5.41, 5.74) is 0.828. The third kappa shape index (κ3) is 4.11. The van der Waals surface area contributed by atoms with Gasteiger partial charge in [0.05, 0.1) is 6.04 Å². The predicted molar refractivity (Wildman–Crippen MR) is 97.9 cm³/mol. The van der Waals surface area contributed by atoms with E-state index in [1.165, 1.54) is 17.4 Å². The minimum Gasteiger partial charge on any atom is -0.344 e. The van der Waals surface area contributed by atoms with Crippen LogP contribution in [0.15, 0.2) is 47.0 Å². The molecule has 7 heteroatoms. The van der Waals surface area contributed by atoms with E-state index in [2.05, 4.69) is 36.1 Å². The highest BCUT2D eigenvalue weighted by molar-refractivity contribution is 7.15. The van der Waals surface area contributed by atoms with Crippen molar-refractivity contribution in [2.75, 3.05) is 0 Å². The lowest BCUT2D eigenvalue weighted by Gasteiger charge is -2.27. The molecule has 6 nitrogen and oxygen atoms in total. The topological polar surface area (TPSA) is 76.4 Å². The summed E-state index contributed by atoms with van der Waals surface area (Å²) in [4.78, 5) is 33.2. The van der Waals surface area contributed by atoms with Crippen LogP contribution in [0.5, 0.6) is 0 Å². The van der Waals surface area contributed by atoms with E-state index in [0.29, 0.717) is 10.7 Å². The highest BCUT2D eigenvalue weighted by Crippen LogP contribution is 2.29. The minimum atomic E-state index is -0.415. The van der Waals surface area contributed by atoms with E-state index in [1.807, 2.05) is 12.1 Å². The van der Waals surface area contributed by atoms with Crippen LogP contribution in [-0.2, 0) is 0 Å². The molecule has 1 unspecified atom stereocenters. The van der Waals surface area contributed by atoms with Gasteiger partial charge in [0, 0.05) is 30.0 Å². The smallest absolute Gasteiger partial charge is 0.274 e. The van der Waals surface area contributed by atoms with E-state index in [-0.39, 0.29) is 17.4 Å². The lowest BCUT2D eigenvalue weighted by atomic mass is 9.86. The monoisotopic (exact) mass is 356 g/mol. The SMILES string of the molecule is CC(C)(C)CC(NC(=O)c1cc(=O)nc2sccn12)c1cccnc1. The van der Waals surface area contributed by atoms with E-state index in [0.717, 1.165) is 12.0 Å². The average Bonchev–Trinajstić information content (AvgIpc) is 3.01. The molecule has 3 heterocycles. The zero-order valence-electron chi connectivity index (χ0n) is 14.4. The second-order valence-corrected chi connectivity index (χ2v) is 7.99. The van der Waals surface area contributed by atoms with E-state index in [4.69, 9.17) is 0 Å². The van der Waals surface area contributed by atoms with Crippen molar-refractivity contribution in [3.8, 4) is 0 Å². The van der Waals surface area contributed by atoms with Crippen LogP contribution in [0.4, 0.5) is 0 Å². The van der Waals surface area contributed by atoms with Gasteiger partial charge in [-0.15, -0.1) is 11.3 Å². The van der Waals surface area contributed by atoms with Gasteiger partial charge in [0.1, 0.15) is 5.69 Å². The molecule has 0 saturated heterocycles. The summed E-state index contributed by atoms with van der Waals surface area (Å²) in [5.74, 6) is -0.300. The first-order valence-corrected chi connectivity index (χ1v) is 8.89. The number of carbonyl (C=O) groups excluding carboxylic acids is 1. The zero-order chi connectivity index (χ0) is 18.0. The number of amides is 1. The van der Waals surface area contributed by atoms with Gasteiger partial charge in [-0.2, -0.15) is 4.98 Å². The second kappa shape index (κ2) is 6.76. The number of aromatic nitrogens is 3. The fraction of sp³-hybridized carbons (Fsp3) is 0.333. The molecule has 0 radical (unpaired) electrons. The Morgan fingerprint density at radius 3 is 2.88 bits per heavy atom. The van der Waals surface area contributed by atoms with E-state index < -0.39 is 5.56 Å². The van der Waals surface area contributed by atoms with Crippen LogP contribution in [0, 0.1) is 5.41 Å². The molecule has 1 atom stereocenters. The summed E-state index contributed by atoms with van der Waals surface area (Å²) < 4.78 is 1.64. The van der Waals surface area contributed by atoms with Gasteiger partial charge in [-0.3, -0.25) is 19.0 Å². The van der Waals surface area contributed by atoms with Crippen LogP contribution in [0.3, 0.4) is 0 Å². The van der Waals surface area contributed by atoms with Crippen molar-refractivity contribution in [1.82, 2.24) is 19.7 Å². The van der Waals surface area contributed by atoms with Gasteiger partial charge >= 0.3 is 0 Å². The Morgan fingerprint density at radius 2 is 2.20 bits per heavy atom. The van der Waals surface area contributed by atoms with Crippen molar-refractivity contribution < 1.29 is 4.79 Å². The lowest BCUT2D eigenvalue weighted by molar-refractivity contribution is 0.0919. The number of rotatable bonds is 4. The molecule has 3 aromatic rings. The molecule has 0 aliphatic rings. The molecule has 3 rings (SSSR count). The summed E-state index contributed by atoms with van der Waals surface area (Å²) in [7, 11) is 0. The van der Waals surface area contributed by atoms with E-state index in [9.17, 15) is 9.59 Å². The normalized spacial score (nSPS) is 12.9. The van der Waals surface area contributed by atoms with Crippen LogP contribution in [0.25, 0.3) is 4.96 Å². The average molecular weight is 356 g/mol. The van der Waals surface area contributed by atoms with Crippen molar-refractivity contribution in [2.24, 2.45) is 5.41 Å². The maximum absolute atomic E-state index is 12.9. The predicted octanol–water partition coefficient (Wildman–Crippen LogP) is 3.06. The number of fused-ring (bicyclic) bond motifs is 1. The molecule has 0 fully saturated rings. The Labute approximate surface area is 149 Å². The molecule has 25 heavy (non-hydrogen) atoms. The Morgan fingerprint density at radius 1 is 1.40 bits per heavy atom. The fourth-order valence-corrected chi connectivity index (χ4v) is 3.42. The van der Waals surface area contributed by atoms with Gasteiger partial charge in [0.2, 0.25) is 0 Å². The highest BCUT2D eigenvalue weighted by atomic mass is 32.1. The van der Waals surface area contributed by atoms with Crippen molar-refractivity contribution in [1.29, 1.82) is 0 Å². The Hall–Kier alpha value is -2.54. The first kappa shape index (κ1) is 17.3. The molecule has 130 valence electrons. The maximum atomic E-state index is 12.9. The minimum absolute atomic E-state index is 0.0145.